The molecule has 1 aliphatic heterocycles. The molecule has 2 heterocycles. The van der Waals surface area contributed by atoms with Crippen molar-refractivity contribution in [2.75, 3.05) is 20.2 Å². The van der Waals surface area contributed by atoms with Gasteiger partial charge in [-0.15, -0.1) is 0 Å². The van der Waals surface area contributed by atoms with Gasteiger partial charge >= 0.3 is 6.09 Å². The maximum atomic E-state index is 12.3. The van der Waals surface area contributed by atoms with Gasteiger partial charge in [-0.1, -0.05) is 23.2 Å². The number of aromatic nitrogens is 1. The highest BCUT2D eigenvalue weighted by molar-refractivity contribution is 6.33. The highest BCUT2D eigenvalue weighted by Crippen LogP contribution is 2.21. The number of methoxy groups -OCH3 is 1. The normalized spacial score (nSPS) is 15.5. The van der Waals surface area contributed by atoms with Crippen molar-refractivity contribution in [1.29, 1.82) is 0 Å². The number of piperidine rings is 1. The first-order valence-corrected chi connectivity index (χ1v) is 7.64. The molecule has 1 saturated heterocycles. The van der Waals surface area contributed by atoms with Crippen LogP contribution in [0.2, 0.25) is 10.3 Å². The van der Waals surface area contributed by atoms with Gasteiger partial charge in [0.2, 0.25) is 0 Å². The molecule has 2 amide bonds. The molecular weight excluding hydrogens is 329 g/mol. The summed E-state index contributed by atoms with van der Waals surface area (Å²) >= 11 is 11.8. The van der Waals surface area contributed by atoms with E-state index in [0.29, 0.717) is 37.1 Å². The van der Waals surface area contributed by atoms with Gasteiger partial charge in [-0.05, 0) is 31.4 Å². The predicted molar refractivity (Wildman–Crippen MR) is 83.5 cm³/mol. The number of ether oxygens (including phenoxy) is 1. The third-order valence-corrected chi connectivity index (χ3v) is 4.25. The van der Waals surface area contributed by atoms with Gasteiger partial charge in [0.1, 0.15) is 10.3 Å². The lowest BCUT2D eigenvalue weighted by molar-refractivity contribution is 0.0891. The Hall–Kier alpha value is -1.53. The van der Waals surface area contributed by atoms with Gasteiger partial charge in [-0.3, -0.25) is 4.79 Å². The standard InChI is InChI=1S/C14H17Cl2N3O3/c1-8-10(7-11(15)18-12(8)16)13(20)17-9-3-5-19(6-4-9)14(21)22-2/h7,9H,3-6H2,1-2H3,(H,17,20). The van der Waals surface area contributed by atoms with E-state index in [0.717, 1.165) is 0 Å². The summed E-state index contributed by atoms with van der Waals surface area (Å²) in [5, 5.41) is 3.35. The van der Waals surface area contributed by atoms with Crippen molar-refractivity contribution in [3.8, 4) is 0 Å². The summed E-state index contributed by atoms with van der Waals surface area (Å²) in [5.41, 5.74) is 1.01. The van der Waals surface area contributed by atoms with Crippen LogP contribution < -0.4 is 5.32 Å². The summed E-state index contributed by atoms with van der Waals surface area (Å²) in [7, 11) is 1.36. The summed E-state index contributed by atoms with van der Waals surface area (Å²) in [5.74, 6) is -0.236. The first-order valence-electron chi connectivity index (χ1n) is 6.88. The fraction of sp³-hybridized carbons (Fsp3) is 0.500. The van der Waals surface area contributed by atoms with Crippen LogP contribution in [0.1, 0.15) is 28.8 Å². The number of pyridine rings is 1. The number of amides is 2. The van der Waals surface area contributed by atoms with Crippen molar-refractivity contribution in [2.45, 2.75) is 25.8 Å². The molecule has 0 saturated carbocycles. The molecule has 8 heteroatoms. The average molecular weight is 346 g/mol. The van der Waals surface area contributed by atoms with E-state index in [4.69, 9.17) is 23.2 Å². The topological polar surface area (TPSA) is 71.5 Å². The van der Waals surface area contributed by atoms with Gasteiger partial charge in [0.05, 0.1) is 7.11 Å². The molecule has 1 aromatic rings. The third kappa shape index (κ3) is 3.81. The second kappa shape index (κ2) is 7.15. The number of nitrogens with zero attached hydrogens (tertiary/aromatic N) is 2. The second-order valence-corrected chi connectivity index (χ2v) is 5.86. The quantitative estimate of drug-likeness (QED) is 0.836. The Bertz CT molecular complexity index is 587. The van der Waals surface area contributed by atoms with Gasteiger partial charge < -0.3 is 15.0 Å². The Morgan fingerprint density at radius 1 is 1.36 bits per heavy atom. The average Bonchev–Trinajstić information content (AvgIpc) is 2.50. The number of likely N-dealkylation sites (tertiary alicyclic amines) is 1. The molecular formula is C14H17Cl2N3O3. The van der Waals surface area contributed by atoms with Crippen LogP contribution in [-0.4, -0.2) is 48.1 Å². The molecule has 1 aliphatic rings. The Kier molecular flexibility index (Phi) is 5.47. The van der Waals surface area contributed by atoms with E-state index in [9.17, 15) is 9.59 Å². The summed E-state index contributed by atoms with van der Waals surface area (Å²) in [6, 6.07) is 1.50. The summed E-state index contributed by atoms with van der Waals surface area (Å²) in [6.07, 6.45) is 1.01. The zero-order chi connectivity index (χ0) is 16.3. The number of rotatable bonds is 2. The lowest BCUT2D eigenvalue weighted by Crippen LogP contribution is -2.46. The number of halogens is 2. The zero-order valence-electron chi connectivity index (χ0n) is 12.4. The van der Waals surface area contributed by atoms with Gasteiger partial charge in [-0.25, -0.2) is 9.78 Å². The van der Waals surface area contributed by atoms with Crippen molar-refractivity contribution < 1.29 is 14.3 Å². The highest BCUT2D eigenvalue weighted by Gasteiger charge is 2.25. The van der Waals surface area contributed by atoms with Gasteiger partial charge in [-0.2, -0.15) is 0 Å². The Labute approximate surface area is 138 Å². The number of hydrogen-bond donors (Lipinski definition) is 1. The third-order valence-electron chi connectivity index (χ3n) is 3.69. The van der Waals surface area contributed by atoms with Crippen LogP contribution >= 0.6 is 23.2 Å². The lowest BCUT2D eigenvalue weighted by Gasteiger charge is -2.31. The van der Waals surface area contributed by atoms with Crippen LogP contribution in [0.3, 0.4) is 0 Å². The Balaban J connectivity index is 1.98. The molecule has 0 aliphatic carbocycles. The second-order valence-electron chi connectivity index (χ2n) is 5.11. The minimum Gasteiger partial charge on any atom is -0.453 e. The van der Waals surface area contributed by atoms with E-state index in [1.54, 1.807) is 11.8 Å². The van der Waals surface area contributed by atoms with E-state index in [2.05, 4.69) is 15.0 Å². The van der Waals surface area contributed by atoms with E-state index in [-0.39, 0.29) is 28.3 Å². The first-order chi connectivity index (χ1) is 10.4. The minimum absolute atomic E-state index is 0.00137. The molecule has 1 N–H and O–H groups in total. The number of hydrogen-bond acceptors (Lipinski definition) is 4. The van der Waals surface area contributed by atoms with E-state index >= 15 is 0 Å². The summed E-state index contributed by atoms with van der Waals surface area (Å²) < 4.78 is 4.68. The van der Waals surface area contributed by atoms with Crippen LogP contribution in [0.4, 0.5) is 4.79 Å². The van der Waals surface area contributed by atoms with Crippen LogP contribution in [0.25, 0.3) is 0 Å². The van der Waals surface area contributed by atoms with E-state index in [1.807, 2.05) is 0 Å². The van der Waals surface area contributed by atoms with Crippen molar-refractivity contribution in [2.24, 2.45) is 0 Å². The predicted octanol–water partition coefficient (Wildman–Crippen LogP) is 2.66. The fourth-order valence-electron chi connectivity index (χ4n) is 2.38. The van der Waals surface area contributed by atoms with Gasteiger partial charge in [0.25, 0.3) is 5.91 Å². The minimum atomic E-state index is -0.340. The molecule has 6 nitrogen and oxygen atoms in total. The summed E-state index contributed by atoms with van der Waals surface area (Å²) in [4.78, 5) is 29.3. The van der Waals surface area contributed by atoms with Crippen molar-refractivity contribution in [3.05, 3.63) is 27.5 Å². The van der Waals surface area contributed by atoms with Crippen molar-refractivity contribution in [1.82, 2.24) is 15.2 Å². The number of carbonyl (C=O) groups excluding carboxylic acids is 2. The molecule has 0 unspecified atom stereocenters. The molecule has 0 aromatic carbocycles. The molecule has 22 heavy (non-hydrogen) atoms. The van der Waals surface area contributed by atoms with Crippen LogP contribution in [0.5, 0.6) is 0 Å². The molecule has 120 valence electrons. The molecule has 0 bridgehead atoms. The van der Waals surface area contributed by atoms with Crippen LogP contribution in [-0.2, 0) is 4.74 Å². The molecule has 0 spiro atoms. The van der Waals surface area contributed by atoms with Crippen molar-refractivity contribution in [3.63, 3.8) is 0 Å². The monoisotopic (exact) mass is 345 g/mol. The number of carbonyl (C=O) groups is 2. The largest absolute Gasteiger partial charge is 0.453 e. The summed E-state index contributed by atoms with van der Waals surface area (Å²) in [6.45, 7) is 2.82. The SMILES string of the molecule is COC(=O)N1CCC(NC(=O)c2cc(Cl)nc(Cl)c2C)CC1. The van der Waals surface area contributed by atoms with Crippen LogP contribution in [0.15, 0.2) is 6.07 Å². The molecule has 0 atom stereocenters. The Morgan fingerprint density at radius 2 is 2.00 bits per heavy atom. The fourth-order valence-corrected chi connectivity index (χ4v) is 2.81. The maximum Gasteiger partial charge on any atom is 0.409 e. The highest BCUT2D eigenvalue weighted by atomic mass is 35.5. The number of nitrogens with one attached hydrogen (secondary N) is 1. The van der Waals surface area contributed by atoms with E-state index in [1.165, 1.54) is 13.2 Å². The van der Waals surface area contributed by atoms with Crippen LogP contribution in [0, 0.1) is 6.92 Å². The van der Waals surface area contributed by atoms with E-state index < -0.39 is 0 Å². The molecule has 0 radical (unpaired) electrons. The maximum absolute atomic E-state index is 12.3. The molecule has 1 aromatic heterocycles. The smallest absolute Gasteiger partial charge is 0.409 e. The Morgan fingerprint density at radius 3 is 2.59 bits per heavy atom. The van der Waals surface area contributed by atoms with Gasteiger partial charge in [0.15, 0.2) is 0 Å². The zero-order valence-corrected chi connectivity index (χ0v) is 13.9. The lowest BCUT2D eigenvalue weighted by atomic mass is 10.0. The first kappa shape index (κ1) is 16.8. The molecule has 2 rings (SSSR count). The van der Waals surface area contributed by atoms with Gasteiger partial charge in [0, 0.05) is 24.7 Å². The van der Waals surface area contributed by atoms with Crippen molar-refractivity contribution >= 4 is 35.2 Å². The molecule has 1 fully saturated rings.